The quantitative estimate of drug-likeness (QED) is 0.710. The largest absolute Gasteiger partial charge is 0.507 e. The van der Waals surface area contributed by atoms with Gasteiger partial charge < -0.3 is 10.4 Å². The highest BCUT2D eigenvalue weighted by molar-refractivity contribution is 5.86. The summed E-state index contributed by atoms with van der Waals surface area (Å²) >= 11 is 0. The van der Waals surface area contributed by atoms with Crippen LogP contribution in [0.5, 0.6) is 5.75 Å². The molecule has 0 aromatic heterocycles. The van der Waals surface area contributed by atoms with Gasteiger partial charge in [-0.25, -0.2) is 0 Å². The Morgan fingerprint density at radius 3 is 2.35 bits per heavy atom. The number of phenols is 1. The predicted molar refractivity (Wildman–Crippen MR) is 96.8 cm³/mol. The minimum Gasteiger partial charge on any atom is -0.507 e. The Kier molecular flexibility index (Phi) is 4.35. The van der Waals surface area contributed by atoms with Crippen LogP contribution in [-0.4, -0.2) is 5.11 Å². The third kappa shape index (κ3) is 3.22. The van der Waals surface area contributed by atoms with Gasteiger partial charge in [0.15, 0.2) is 0 Å². The van der Waals surface area contributed by atoms with Crippen LogP contribution in [0.15, 0.2) is 54.6 Å². The maximum absolute atomic E-state index is 9.88. The first kappa shape index (κ1) is 15.6. The Morgan fingerprint density at radius 1 is 0.957 bits per heavy atom. The van der Waals surface area contributed by atoms with Crippen LogP contribution >= 0.6 is 0 Å². The number of aromatic hydroxyl groups is 1. The van der Waals surface area contributed by atoms with Gasteiger partial charge in [-0.2, -0.15) is 0 Å². The lowest BCUT2D eigenvalue weighted by Crippen LogP contribution is -2.18. The summed E-state index contributed by atoms with van der Waals surface area (Å²) in [6, 6.07) is 19.3. The molecule has 3 aromatic rings. The molecule has 3 rings (SSSR count). The van der Waals surface area contributed by atoms with E-state index in [1.807, 2.05) is 26.0 Å². The fourth-order valence-corrected chi connectivity index (χ4v) is 3.16. The van der Waals surface area contributed by atoms with Crippen molar-refractivity contribution >= 4 is 10.8 Å². The van der Waals surface area contributed by atoms with Crippen LogP contribution in [0, 0.1) is 13.8 Å². The number of hydrogen-bond acceptors (Lipinski definition) is 2. The van der Waals surface area contributed by atoms with Gasteiger partial charge in [0.1, 0.15) is 5.75 Å². The van der Waals surface area contributed by atoms with Crippen molar-refractivity contribution < 1.29 is 5.11 Å². The van der Waals surface area contributed by atoms with Gasteiger partial charge in [0.2, 0.25) is 0 Å². The highest BCUT2D eigenvalue weighted by atomic mass is 16.3. The second kappa shape index (κ2) is 6.43. The second-order valence-electron chi connectivity index (χ2n) is 6.25. The fourth-order valence-electron chi connectivity index (χ4n) is 3.16. The van der Waals surface area contributed by atoms with Crippen molar-refractivity contribution in [1.29, 1.82) is 0 Å². The molecule has 3 aromatic carbocycles. The zero-order valence-corrected chi connectivity index (χ0v) is 13.9. The Bertz CT molecular complexity index is 810. The van der Waals surface area contributed by atoms with Crippen molar-refractivity contribution in [3.63, 3.8) is 0 Å². The highest BCUT2D eigenvalue weighted by Crippen LogP contribution is 2.26. The molecule has 23 heavy (non-hydrogen) atoms. The first-order valence-corrected chi connectivity index (χ1v) is 8.06. The molecular formula is C21H23NO. The number of benzene rings is 3. The predicted octanol–water partition coefficient (Wildman–Crippen LogP) is 5.01. The summed E-state index contributed by atoms with van der Waals surface area (Å²) in [7, 11) is 0. The number of rotatable bonds is 4. The Hall–Kier alpha value is -2.32. The van der Waals surface area contributed by atoms with E-state index >= 15 is 0 Å². The number of fused-ring (bicyclic) bond motifs is 1. The van der Waals surface area contributed by atoms with Crippen molar-refractivity contribution in [1.82, 2.24) is 5.32 Å². The fraction of sp³-hybridized carbons (Fsp3) is 0.238. The van der Waals surface area contributed by atoms with Gasteiger partial charge in [-0.15, -0.1) is 0 Å². The highest BCUT2D eigenvalue weighted by Gasteiger charge is 2.09. The van der Waals surface area contributed by atoms with E-state index in [0.29, 0.717) is 5.75 Å². The molecule has 0 aliphatic carbocycles. The average molecular weight is 305 g/mol. The number of hydrogen-bond donors (Lipinski definition) is 2. The summed E-state index contributed by atoms with van der Waals surface area (Å²) in [4.78, 5) is 0. The molecule has 2 N–H and O–H groups in total. The zero-order chi connectivity index (χ0) is 16.4. The summed E-state index contributed by atoms with van der Waals surface area (Å²) in [6.07, 6.45) is 0. The van der Waals surface area contributed by atoms with Crippen LogP contribution in [0.1, 0.15) is 35.2 Å². The number of phenolic OH excluding ortho intramolecular Hbond substituents is 1. The van der Waals surface area contributed by atoms with Gasteiger partial charge in [-0.3, -0.25) is 0 Å². The summed E-state index contributed by atoms with van der Waals surface area (Å²) in [5.41, 5.74) is 4.37. The SMILES string of the molecule is Cc1cc(CNC(C)c2cccc3ccccc23)cc(C)c1O. The minimum absolute atomic E-state index is 0.260. The van der Waals surface area contributed by atoms with Gasteiger partial charge in [-0.1, -0.05) is 54.6 Å². The molecule has 0 bridgehead atoms. The summed E-state index contributed by atoms with van der Waals surface area (Å²) in [6.45, 7) is 6.87. The Balaban J connectivity index is 1.80. The van der Waals surface area contributed by atoms with Gasteiger partial charge in [0.25, 0.3) is 0 Å². The molecular weight excluding hydrogens is 282 g/mol. The first-order valence-electron chi connectivity index (χ1n) is 8.06. The lowest BCUT2D eigenvalue weighted by Gasteiger charge is -2.17. The molecule has 0 fully saturated rings. The van der Waals surface area contributed by atoms with E-state index in [0.717, 1.165) is 17.7 Å². The Morgan fingerprint density at radius 2 is 1.61 bits per heavy atom. The molecule has 0 radical (unpaired) electrons. The van der Waals surface area contributed by atoms with E-state index in [1.54, 1.807) is 0 Å². The van der Waals surface area contributed by atoms with E-state index in [9.17, 15) is 5.11 Å². The van der Waals surface area contributed by atoms with E-state index in [4.69, 9.17) is 0 Å². The van der Waals surface area contributed by atoms with Gasteiger partial charge >= 0.3 is 0 Å². The van der Waals surface area contributed by atoms with Crippen molar-refractivity contribution in [3.05, 3.63) is 76.9 Å². The molecule has 2 heteroatoms. The monoisotopic (exact) mass is 305 g/mol. The molecule has 0 saturated carbocycles. The summed E-state index contributed by atoms with van der Waals surface area (Å²) in [5, 5.41) is 16.1. The van der Waals surface area contributed by atoms with Crippen LogP contribution in [0.2, 0.25) is 0 Å². The topological polar surface area (TPSA) is 32.3 Å². The zero-order valence-electron chi connectivity index (χ0n) is 13.9. The summed E-state index contributed by atoms with van der Waals surface area (Å²) in [5.74, 6) is 0.399. The maximum Gasteiger partial charge on any atom is 0.121 e. The van der Waals surface area contributed by atoms with E-state index < -0.39 is 0 Å². The second-order valence-corrected chi connectivity index (χ2v) is 6.25. The van der Waals surface area contributed by atoms with Crippen molar-refractivity contribution in [2.75, 3.05) is 0 Å². The molecule has 1 atom stereocenters. The van der Waals surface area contributed by atoms with Gasteiger partial charge in [-0.05, 0) is 53.8 Å². The molecule has 0 amide bonds. The van der Waals surface area contributed by atoms with Crippen LogP contribution in [0.25, 0.3) is 10.8 Å². The lowest BCUT2D eigenvalue weighted by atomic mass is 9.99. The van der Waals surface area contributed by atoms with Crippen molar-refractivity contribution in [3.8, 4) is 5.75 Å². The number of aryl methyl sites for hydroxylation is 2. The van der Waals surface area contributed by atoms with Gasteiger partial charge in [0.05, 0.1) is 0 Å². The normalized spacial score (nSPS) is 12.5. The van der Waals surface area contributed by atoms with Crippen LogP contribution in [0.4, 0.5) is 0 Å². The standard InChI is InChI=1S/C21H23NO/c1-14-11-17(12-15(2)21(14)23)13-22-16(3)19-10-6-8-18-7-4-5-9-20(18)19/h4-12,16,22-23H,13H2,1-3H3. The van der Waals surface area contributed by atoms with Crippen molar-refractivity contribution in [2.24, 2.45) is 0 Å². The molecule has 0 saturated heterocycles. The molecule has 118 valence electrons. The van der Waals surface area contributed by atoms with Crippen LogP contribution in [-0.2, 0) is 6.54 Å². The molecule has 0 aliphatic heterocycles. The van der Waals surface area contributed by atoms with E-state index in [1.165, 1.54) is 21.9 Å². The van der Waals surface area contributed by atoms with E-state index in [-0.39, 0.29) is 6.04 Å². The van der Waals surface area contributed by atoms with Gasteiger partial charge in [0, 0.05) is 12.6 Å². The third-order valence-corrected chi connectivity index (χ3v) is 4.45. The first-order chi connectivity index (χ1) is 11.1. The molecule has 2 nitrogen and oxygen atoms in total. The minimum atomic E-state index is 0.260. The molecule has 0 spiro atoms. The van der Waals surface area contributed by atoms with Crippen molar-refractivity contribution in [2.45, 2.75) is 33.4 Å². The van der Waals surface area contributed by atoms with E-state index in [2.05, 4.69) is 54.7 Å². The number of nitrogens with one attached hydrogen (secondary N) is 1. The van der Waals surface area contributed by atoms with Crippen LogP contribution < -0.4 is 5.32 Å². The summed E-state index contributed by atoms with van der Waals surface area (Å²) < 4.78 is 0. The Labute approximate surface area is 137 Å². The molecule has 0 heterocycles. The molecule has 1 unspecified atom stereocenters. The smallest absolute Gasteiger partial charge is 0.121 e. The maximum atomic E-state index is 9.88. The lowest BCUT2D eigenvalue weighted by molar-refractivity contribution is 0.466. The van der Waals surface area contributed by atoms with Crippen LogP contribution in [0.3, 0.4) is 0 Å². The average Bonchev–Trinajstić information content (AvgIpc) is 2.57. The molecule has 0 aliphatic rings. The third-order valence-electron chi connectivity index (χ3n) is 4.45.